The van der Waals surface area contributed by atoms with Crippen molar-refractivity contribution < 1.29 is 4.39 Å². The smallest absolute Gasteiger partial charge is 0.171 e. The average Bonchev–Trinajstić information content (AvgIpc) is 2.38. The van der Waals surface area contributed by atoms with E-state index < -0.39 is 0 Å². The Kier molecular flexibility index (Phi) is 4.75. The van der Waals surface area contributed by atoms with E-state index in [0.29, 0.717) is 17.1 Å². The van der Waals surface area contributed by atoms with E-state index in [0.717, 1.165) is 18.0 Å². The SMILES string of the molecule is C[C@H]1[C@H](C)CCC[C@@H]1NC(=S)Nc1ccc(F)cc1. The Labute approximate surface area is 119 Å². The van der Waals surface area contributed by atoms with Crippen LogP contribution >= 0.6 is 12.2 Å². The number of halogens is 1. The van der Waals surface area contributed by atoms with Gasteiger partial charge in [0.2, 0.25) is 0 Å². The summed E-state index contributed by atoms with van der Waals surface area (Å²) < 4.78 is 12.8. The Balaban J connectivity index is 1.88. The molecule has 0 aromatic heterocycles. The number of benzene rings is 1. The molecule has 1 saturated carbocycles. The van der Waals surface area contributed by atoms with E-state index in [-0.39, 0.29) is 5.82 Å². The molecule has 0 spiro atoms. The van der Waals surface area contributed by atoms with Crippen LogP contribution in [0.1, 0.15) is 33.1 Å². The highest BCUT2D eigenvalue weighted by Gasteiger charge is 2.27. The molecule has 0 saturated heterocycles. The summed E-state index contributed by atoms with van der Waals surface area (Å²) in [5.74, 6) is 1.13. The van der Waals surface area contributed by atoms with Gasteiger partial charge in [0.25, 0.3) is 0 Å². The molecule has 0 heterocycles. The van der Waals surface area contributed by atoms with Crippen LogP contribution < -0.4 is 10.6 Å². The molecular formula is C15H21FN2S. The molecule has 1 fully saturated rings. The van der Waals surface area contributed by atoms with E-state index in [1.165, 1.54) is 25.0 Å². The number of thiocarbonyl (C=S) groups is 1. The lowest BCUT2D eigenvalue weighted by Crippen LogP contribution is -2.45. The van der Waals surface area contributed by atoms with Crippen LogP contribution in [0.4, 0.5) is 10.1 Å². The second-order valence-corrected chi connectivity index (χ2v) is 5.89. The van der Waals surface area contributed by atoms with Crippen molar-refractivity contribution in [3.63, 3.8) is 0 Å². The van der Waals surface area contributed by atoms with Crippen molar-refractivity contribution in [3.8, 4) is 0 Å². The second-order valence-electron chi connectivity index (χ2n) is 5.48. The van der Waals surface area contributed by atoms with E-state index in [9.17, 15) is 4.39 Å². The fraction of sp³-hybridized carbons (Fsp3) is 0.533. The molecule has 0 unspecified atom stereocenters. The summed E-state index contributed by atoms with van der Waals surface area (Å²) >= 11 is 5.33. The van der Waals surface area contributed by atoms with E-state index in [1.807, 2.05) is 0 Å². The van der Waals surface area contributed by atoms with Gasteiger partial charge in [0.15, 0.2) is 5.11 Å². The van der Waals surface area contributed by atoms with Crippen LogP contribution in [0, 0.1) is 17.7 Å². The summed E-state index contributed by atoms with van der Waals surface area (Å²) in [6, 6.07) is 6.67. The lowest BCUT2D eigenvalue weighted by atomic mass is 9.78. The summed E-state index contributed by atoms with van der Waals surface area (Å²) in [6.45, 7) is 4.58. The predicted octanol–water partition coefficient (Wildman–Crippen LogP) is 3.94. The third kappa shape index (κ3) is 3.90. The van der Waals surface area contributed by atoms with Gasteiger partial charge in [-0.2, -0.15) is 0 Å². The quantitative estimate of drug-likeness (QED) is 0.803. The zero-order chi connectivity index (χ0) is 13.8. The molecule has 0 aliphatic heterocycles. The Morgan fingerprint density at radius 3 is 2.58 bits per heavy atom. The van der Waals surface area contributed by atoms with Gasteiger partial charge >= 0.3 is 0 Å². The zero-order valence-electron chi connectivity index (χ0n) is 11.4. The molecule has 1 aliphatic rings. The van der Waals surface area contributed by atoms with Crippen molar-refractivity contribution >= 4 is 23.0 Å². The van der Waals surface area contributed by atoms with Gasteiger partial charge in [0.1, 0.15) is 5.82 Å². The minimum Gasteiger partial charge on any atom is -0.359 e. The van der Waals surface area contributed by atoms with Crippen LogP contribution in [0.15, 0.2) is 24.3 Å². The molecule has 1 aromatic rings. The van der Waals surface area contributed by atoms with Gasteiger partial charge < -0.3 is 10.6 Å². The Morgan fingerprint density at radius 2 is 1.89 bits per heavy atom. The summed E-state index contributed by atoms with van der Waals surface area (Å²) in [6.07, 6.45) is 3.72. The van der Waals surface area contributed by atoms with Gasteiger partial charge in [0.05, 0.1) is 0 Å². The summed E-state index contributed by atoms with van der Waals surface area (Å²) in [5.41, 5.74) is 0.815. The lowest BCUT2D eigenvalue weighted by Gasteiger charge is -2.35. The first kappa shape index (κ1) is 14.3. The number of rotatable bonds is 2. The lowest BCUT2D eigenvalue weighted by molar-refractivity contribution is 0.225. The molecule has 3 atom stereocenters. The maximum atomic E-state index is 12.8. The van der Waals surface area contributed by atoms with Crippen LogP contribution in [0.5, 0.6) is 0 Å². The second kappa shape index (κ2) is 6.33. The number of nitrogens with one attached hydrogen (secondary N) is 2. The molecular weight excluding hydrogens is 259 g/mol. The number of anilines is 1. The minimum absolute atomic E-state index is 0.237. The van der Waals surface area contributed by atoms with Crippen LogP contribution in [-0.2, 0) is 0 Å². The van der Waals surface area contributed by atoms with E-state index in [2.05, 4.69) is 24.5 Å². The first-order valence-corrected chi connectivity index (χ1v) is 7.30. The number of hydrogen-bond donors (Lipinski definition) is 2. The van der Waals surface area contributed by atoms with Gasteiger partial charge in [-0.15, -0.1) is 0 Å². The minimum atomic E-state index is -0.237. The maximum absolute atomic E-state index is 12.8. The van der Waals surface area contributed by atoms with Gasteiger partial charge in [-0.25, -0.2) is 4.39 Å². The fourth-order valence-electron chi connectivity index (χ4n) is 2.65. The molecule has 0 bridgehead atoms. The van der Waals surface area contributed by atoms with Gasteiger partial charge in [-0.1, -0.05) is 26.7 Å². The maximum Gasteiger partial charge on any atom is 0.171 e. The van der Waals surface area contributed by atoms with Crippen LogP contribution in [0.25, 0.3) is 0 Å². The number of hydrogen-bond acceptors (Lipinski definition) is 1. The molecule has 0 amide bonds. The highest BCUT2D eigenvalue weighted by molar-refractivity contribution is 7.80. The normalized spacial score (nSPS) is 26.8. The molecule has 2 N–H and O–H groups in total. The van der Waals surface area contributed by atoms with Crippen LogP contribution in [0.3, 0.4) is 0 Å². The highest BCUT2D eigenvalue weighted by atomic mass is 32.1. The zero-order valence-corrected chi connectivity index (χ0v) is 12.3. The van der Waals surface area contributed by atoms with Crippen molar-refractivity contribution in [2.24, 2.45) is 11.8 Å². The predicted molar refractivity (Wildman–Crippen MR) is 81.7 cm³/mol. The molecule has 4 heteroatoms. The van der Waals surface area contributed by atoms with Gasteiger partial charge in [0, 0.05) is 11.7 Å². The van der Waals surface area contributed by atoms with E-state index in [1.54, 1.807) is 12.1 Å². The molecule has 104 valence electrons. The standard InChI is InChI=1S/C15H21FN2S/c1-10-4-3-5-14(11(10)2)18-15(19)17-13-8-6-12(16)7-9-13/h6-11,14H,3-5H2,1-2H3,(H2,17,18,19)/t10-,11+,14+/m1/s1. The molecule has 1 aromatic carbocycles. The Hall–Kier alpha value is -1.16. The first-order chi connectivity index (χ1) is 9.06. The van der Waals surface area contributed by atoms with E-state index in [4.69, 9.17) is 12.2 Å². The first-order valence-electron chi connectivity index (χ1n) is 6.89. The van der Waals surface area contributed by atoms with Crippen molar-refractivity contribution in [1.82, 2.24) is 5.32 Å². The highest BCUT2D eigenvalue weighted by Crippen LogP contribution is 2.29. The Morgan fingerprint density at radius 1 is 1.21 bits per heavy atom. The summed E-state index contributed by atoms with van der Waals surface area (Å²) in [4.78, 5) is 0. The third-order valence-electron chi connectivity index (χ3n) is 4.13. The molecule has 2 rings (SSSR count). The molecule has 2 nitrogen and oxygen atoms in total. The van der Waals surface area contributed by atoms with Crippen molar-refractivity contribution in [3.05, 3.63) is 30.1 Å². The van der Waals surface area contributed by atoms with Gasteiger partial charge in [-0.3, -0.25) is 0 Å². The topological polar surface area (TPSA) is 24.1 Å². The van der Waals surface area contributed by atoms with Gasteiger partial charge in [-0.05, 0) is 54.7 Å². The molecule has 19 heavy (non-hydrogen) atoms. The summed E-state index contributed by atoms with van der Waals surface area (Å²) in [7, 11) is 0. The molecule has 0 radical (unpaired) electrons. The van der Waals surface area contributed by atoms with Crippen LogP contribution in [-0.4, -0.2) is 11.2 Å². The van der Waals surface area contributed by atoms with Crippen molar-refractivity contribution in [2.75, 3.05) is 5.32 Å². The molecule has 1 aliphatic carbocycles. The Bertz CT molecular complexity index is 432. The third-order valence-corrected chi connectivity index (χ3v) is 4.35. The monoisotopic (exact) mass is 280 g/mol. The van der Waals surface area contributed by atoms with E-state index >= 15 is 0 Å². The largest absolute Gasteiger partial charge is 0.359 e. The van der Waals surface area contributed by atoms with Crippen LogP contribution in [0.2, 0.25) is 0 Å². The fourth-order valence-corrected chi connectivity index (χ4v) is 2.92. The average molecular weight is 280 g/mol. The van der Waals surface area contributed by atoms with Crippen molar-refractivity contribution in [2.45, 2.75) is 39.2 Å². The summed E-state index contributed by atoms with van der Waals surface area (Å²) in [5, 5.41) is 7.12. The van der Waals surface area contributed by atoms with Crippen molar-refractivity contribution in [1.29, 1.82) is 0 Å².